The van der Waals surface area contributed by atoms with Crippen LogP contribution < -0.4 is 0 Å². The minimum atomic E-state index is 0.982. The molecule has 0 fully saturated rings. The third kappa shape index (κ3) is 5.10. The smallest absolute Gasteiger partial charge is 0.111 e. The molecule has 0 bridgehead atoms. The molecule has 0 saturated heterocycles. The zero-order valence-electron chi connectivity index (χ0n) is 32.9. The summed E-state index contributed by atoms with van der Waals surface area (Å²) in [6, 6.07) is 71.5. The van der Waals surface area contributed by atoms with Gasteiger partial charge in [0.25, 0.3) is 0 Å². The number of fused-ring (bicyclic) bond motifs is 9. The Morgan fingerprint density at radius 2 is 0.915 bits per heavy atom. The third-order valence-corrected chi connectivity index (χ3v) is 12.6. The summed E-state index contributed by atoms with van der Waals surface area (Å²) in [5.41, 5.74) is 12.0. The van der Waals surface area contributed by atoms with Crippen LogP contribution in [0.5, 0.6) is 0 Å². The van der Waals surface area contributed by atoms with Crippen molar-refractivity contribution in [1.29, 1.82) is 0 Å². The maximum atomic E-state index is 4.96. The molecule has 276 valence electrons. The van der Waals surface area contributed by atoms with Crippen molar-refractivity contribution < 1.29 is 0 Å². The number of nitrogens with zero attached hydrogens (tertiary/aromatic N) is 2. The molecular weight excluding hydrogens is 713 g/mol. The van der Waals surface area contributed by atoms with E-state index in [-0.39, 0.29) is 0 Å². The van der Waals surface area contributed by atoms with Gasteiger partial charge in [-0.25, -0.2) is 4.98 Å². The molecule has 0 aliphatic heterocycles. The second kappa shape index (κ2) is 13.0. The Kier molecular flexibility index (Phi) is 7.39. The van der Waals surface area contributed by atoms with Gasteiger partial charge in [0.05, 0.1) is 16.7 Å². The molecule has 1 heterocycles. The highest BCUT2D eigenvalue weighted by molar-refractivity contribution is 6.22. The Balaban J connectivity index is 0.995. The highest BCUT2D eigenvalue weighted by Crippen LogP contribution is 2.44. The molecule has 2 nitrogen and oxygen atoms in total. The molecule has 59 heavy (non-hydrogen) atoms. The van der Waals surface area contributed by atoms with Gasteiger partial charge in [-0.15, -0.1) is 0 Å². The predicted molar refractivity (Wildman–Crippen MR) is 252 cm³/mol. The van der Waals surface area contributed by atoms with Gasteiger partial charge in [-0.05, 0) is 125 Å². The summed E-state index contributed by atoms with van der Waals surface area (Å²) in [5, 5.41) is 15.2. The zero-order valence-corrected chi connectivity index (χ0v) is 32.9. The molecule has 2 heteroatoms. The molecule has 0 spiro atoms. The lowest BCUT2D eigenvalue weighted by atomic mass is 9.87. The van der Waals surface area contributed by atoms with E-state index in [2.05, 4.69) is 213 Å². The summed E-state index contributed by atoms with van der Waals surface area (Å²) in [6.45, 7) is 4.34. The molecule has 1 aromatic heterocycles. The lowest BCUT2D eigenvalue weighted by molar-refractivity contribution is 1.02. The van der Waals surface area contributed by atoms with Crippen molar-refractivity contribution in [3.05, 3.63) is 206 Å². The van der Waals surface area contributed by atoms with E-state index < -0.39 is 0 Å². The molecular formula is C57H38N2. The van der Waals surface area contributed by atoms with Gasteiger partial charge < -0.3 is 0 Å². The molecule has 11 aromatic carbocycles. The SMILES string of the molecule is Cc1cccc2ccc3cccc(-c4cccc5ccc6cc(-c7ccc(-c8c9ccccc9c(-n9c(C)nc%10ccccc%109)c9ccccc89)cc7)ccc6c45)c3c12. The molecule has 0 N–H and O–H groups in total. The number of hydrogen-bond acceptors (Lipinski definition) is 1. The van der Waals surface area contributed by atoms with Gasteiger partial charge >= 0.3 is 0 Å². The first kappa shape index (κ1) is 33.6. The van der Waals surface area contributed by atoms with E-state index in [0.29, 0.717) is 0 Å². The van der Waals surface area contributed by atoms with Crippen LogP contribution in [0.15, 0.2) is 194 Å². The summed E-state index contributed by atoms with van der Waals surface area (Å²) in [7, 11) is 0. The van der Waals surface area contributed by atoms with Crippen LogP contribution in [0.4, 0.5) is 0 Å². The number of hydrogen-bond donors (Lipinski definition) is 0. The predicted octanol–water partition coefficient (Wildman–Crippen LogP) is 15.6. The fourth-order valence-corrected chi connectivity index (χ4v) is 10.00. The number of aromatic nitrogens is 2. The second-order valence-corrected chi connectivity index (χ2v) is 15.9. The van der Waals surface area contributed by atoms with Crippen LogP contribution in [0, 0.1) is 13.8 Å². The number of para-hydroxylation sites is 2. The van der Waals surface area contributed by atoms with E-state index in [0.717, 1.165) is 16.9 Å². The van der Waals surface area contributed by atoms with Crippen molar-refractivity contribution in [2.24, 2.45) is 0 Å². The minimum Gasteiger partial charge on any atom is -0.295 e. The first-order valence-electron chi connectivity index (χ1n) is 20.5. The van der Waals surface area contributed by atoms with E-state index in [1.54, 1.807) is 0 Å². The molecule has 0 saturated carbocycles. The molecule has 0 aliphatic rings. The average Bonchev–Trinajstić information content (AvgIpc) is 3.62. The summed E-state index contributed by atoms with van der Waals surface area (Å²) < 4.78 is 2.34. The van der Waals surface area contributed by atoms with E-state index in [4.69, 9.17) is 4.98 Å². The quantitative estimate of drug-likeness (QED) is 0.129. The maximum Gasteiger partial charge on any atom is 0.111 e. The van der Waals surface area contributed by atoms with E-state index >= 15 is 0 Å². The fraction of sp³-hybridized carbons (Fsp3) is 0.0351. The van der Waals surface area contributed by atoms with Crippen molar-refractivity contribution in [1.82, 2.24) is 9.55 Å². The van der Waals surface area contributed by atoms with Crippen molar-refractivity contribution >= 4 is 75.7 Å². The van der Waals surface area contributed by atoms with Crippen LogP contribution in [0.1, 0.15) is 11.4 Å². The molecule has 0 unspecified atom stereocenters. The Morgan fingerprint density at radius 1 is 0.373 bits per heavy atom. The first-order valence-corrected chi connectivity index (χ1v) is 20.5. The normalized spacial score (nSPS) is 11.9. The van der Waals surface area contributed by atoms with Gasteiger partial charge in [0.15, 0.2) is 0 Å². The molecule has 0 amide bonds. The van der Waals surface area contributed by atoms with Crippen molar-refractivity contribution in [3.8, 4) is 39.1 Å². The van der Waals surface area contributed by atoms with Gasteiger partial charge in [-0.2, -0.15) is 0 Å². The standard InChI is InChI=1S/C57H38N2/c1-35-12-9-13-38-28-29-40-15-11-21-46(56(40)53(35)38)45-20-10-14-39-30-31-43-34-42(32-33-44(43)54(39)45)37-24-26-41(27-25-37)55-47-16-3-5-18-49(47)57(50-19-6-4-17-48(50)55)59-36(2)58-51-22-7-8-23-52(51)59/h3-34H,1-2H3. The summed E-state index contributed by atoms with van der Waals surface area (Å²) in [5.74, 6) is 0.982. The van der Waals surface area contributed by atoms with Gasteiger partial charge in [-0.3, -0.25) is 4.57 Å². The minimum absolute atomic E-state index is 0.982. The van der Waals surface area contributed by atoms with Crippen LogP contribution >= 0.6 is 0 Å². The number of rotatable bonds is 4. The van der Waals surface area contributed by atoms with Gasteiger partial charge in [0.2, 0.25) is 0 Å². The molecule has 0 aliphatic carbocycles. The number of aryl methyl sites for hydroxylation is 2. The lowest BCUT2D eigenvalue weighted by Gasteiger charge is -2.19. The van der Waals surface area contributed by atoms with Crippen LogP contribution in [0.3, 0.4) is 0 Å². The lowest BCUT2D eigenvalue weighted by Crippen LogP contribution is -2.01. The number of benzene rings is 11. The van der Waals surface area contributed by atoms with Gasteiger partial charge in [0, 0.05) is 10.8 Å². The Morgan fingerprint density at radius 3 is 1.63 bits per heavy atom. The van der Waals surface area contributed by atoms with Gasteiger partial charge in [-0.1, -0.05) is 176 Å². The average molecular weight is 751 g/mol. The van der Waals surface area contributed by atoms with Gasteiger partial charge in [0.1, 0.15) is 5.82 Å². The Labute approximate surface area is 342 Å². The summed E-state index contributed by atoms with van der Waals surface area (Å²) in [4.78, 5) is 4.96. The fourth-order valence-electron chi connectivity index (χ4n) is 10.00. The number of imidazole rings is 1. The molecule has 0 radical (unpaired) electrons. The molecule has 12 aromatic rings. The molecule has 12 rings (SSSR count). The zero-order chi connectivity index (χ0) is 39.2. The molecule has 0 atom stereocenters. The first-order chi connectivity index (χ1) is 29.1. The highest BCUT2D eigenvalue weighted by atomic mass is 15.1. The van der Waals surface area contributed by atoms with E-state index in [1.807, 2.05) is 0 Å². The summed E-state index contributed by atoms with van der Waals surface area (Å²) in [6.07, 6.45) is 0. The van der Waals surface area contributed by atoms with Crippen LogP contribution in [0.25, 0.3) is 115 Å². The topological polar surface area (TPSA) is 17.8 Å². The Bertz CT molecular complexity index is 3620. The highest BCUT2D eigenvalue weighted by Gasteiger charge is 2.20. The van der Waals surface area contributed by atoms with E-state index in [9.17, 15) is 0 Å². The second-order valence-electron chi connectivity index (χ2n) is 15.9. The van der Waals surface area contributed by atoms with E-state index in [1.165, 1.54) is 109 Å². The largest absolute Gasteiger partial charge is 0.295 e. The van der Waals surface area contributed by atoms with Crippen molar-refractivity contribution in [3.63, 3.8) is 0 Å². The maximum absolute atomic E-state index is 4.96. The van der Waals surface area contributed by atoms with Crippen LogP contribution in [-0.4, -0.2) is 9.55 Å². The van der Waals surface area contributed by atoms with Crippen molar-refractivity contribution in [2.75, 3.05) is 0 Å². The monoisotopic (exact) mass is 750 g/mol. The third-order valence-electron chi connectivity index (χ3n) is 12.6. The van der Waals surface area contributed by atoms with Crippen LogP contribution in [0.2, 0.25) is 0 Å². The Hall–Kier alpha value is -7.55. The summed E-state index contributed by atoms with van der Waals surface area (Å²) >= 11 is 0. The van der Waals surface area contributed by atoms with Crippen molar-refractivity contribution in [2.45, 2.75) is 13.8 Å². The van der Waals surface area contributed by atoms with Crippen LogP contribution in [-0.2, 0) is 0 Å².